The number of methoxy groups -OCH3 is 1. The number of fused-ring (bicyclic) bond motifs is 1. The Labute approximate surface area is 271 Å². The molecule has 1 amide bonds. The van der Waals surface area contributed by atoms with Gasteiger partial charge in [-0.25, -0.2) is 18.0 Å². The summed E-state index contributed by atoms with van der Waals surface area (Å²) in [6.07, 6.45) is -0.0701. The van der Waals surface area contributed by atoms with E-state index in [1.54, 1.807) is 41.3 Å². The number of benzene rings is 3. The predicted octanol–water partition coefficient (Wildman–Crippen LogP) is 5.72. The van der Waals surface area contributed by atoms with Crippen LogP contribution in [0.4, 0.5) is 13.2 Å². The number of ether oxygens (including phenoxy) is 3. The molecule has 0 radical (unpaired) electrons. The first-order chi connectivity index (χ1) is 22.2. The number of halogens is 5. The van der Waals surface area contributed by atoms with Crippen LogP contribution in [0.3, 0.4) is 0 Å². The molecule has 1 aliphatic heterocycles. The first-order valence-electron chi connectivity index (χ1n) is 14.4. The van der Waals surface area contributed by atoms with Gasteiger partial charge < -0.3 is 19.1 Å². The van der Waals surface area contributed by atoms with Gasteiger partial charge in [0.05, 0.1) is 24.6 Å². The molecule has 0 N–H and O–H groups in total. The van der Waals surface area contributed by atoms with Crippen LogP contribution in [0.1, 0.15) is 30.0 Å². The van der Waals surface area contributed by atoms with E-state index in [2.05, 4.69) is 0 Å². The maximum atomic E-state index is 15.2. The number of amides is 1. The molecule has 4 aromatic rings. The molecule has 1 saturated heterocycles. The molecule has 0 aliphatic carbocycles. The summed E-state index contributed by atoms with van der Waals surface area (Å²) in [5.74, 6) is -0.772. The number of nitrogens with zero attached hydrogens (tertiary/aromatic N) is 3. The van der Waals surface area contributed by atoms with Gasteiger partial charge in [0.2, 0.25) is 6.41 Å². The highest BCUT2D eigenvalue weighted by molar-refractivity contribution is 6.35. The Balaban J connectivity index is 1.54. The average Bonchev–Trinajstić information content (AvgIpc) is 3.06. The standard InChI is InChI=1S/C32H30Cl2F3N3O6/c1-44-30-10-19(2-5-28(30)45-17-20-3-4-21(33)11-25(20)34)16-39-31(42)24-12-29(46-23(14-35)15-36)26(37)13-27(24)40(32(39)43)22-6-8-38(18-41)9-7-22/h2-5,10-13,18,22-23H,6-9,14-17H2,1H3. The Morgan fingerprint density at radius 2 is 1.72 bits per heavy atom. The Bertz CT molecular complexity index is 1860. The van der Waals surface area contributed by atoms with Gasteiger partial charge in [-0.05, 0) is 48.7 Å². The van der Waals surface area contributed by atoms with Gasteiger partial charge in [0, 0.05) is 40.8 Å². The largest absolute Gasteiger partial charge is 0.493 e. The molecule has 5 rings (SSSR count). The van der Waals surface area contributed by atoms with Crippen LogP contribution >= 0.6 is 23.2 Å². The lowest BCUT2D eigenvalue weighted by atomic mass is 10.0. The van der Waals surface area contributed by atoms with E-state index in [-0.39, 0.29) is 24.1 Å². The molecule has 1 aromatic heterocycles. The monoisotopic (exact) mass is 679 g/mol. The van der Waals surface area contributed by atoms with Crippen LogP contribution in [-0.4, -0.2) is 60.1 Å². The molecule has 9 nitrogen and oxygen atoms in total. The summed E-state index contributed by atoms with van der Waals surface area (Å²) < 4.78 is 60.5. The molecular weight excluding hydrogens is 650 g/mol. The van der Waals surface area contributed by atoms with Crippen LogP contribution in [-0.2, 0) is 17.9 Å². The lowest BCUT2D eigenvalue weighted by Crippen LogP contribution is -2.44. The highest BCUT2D eigenvalue weighted by atomic mass is 35.5. The van der Waals surface area contributed by atoms with Crippen molar-refractivity contribution in [1.82, 2.24) is 14.0 Å². The van der Waals surface area contributed by atoms with Gasteiger partial charge in [0.15, 0.2) is 29.2 Å². The van der Waals surface area contributed by atoms with Crippen molar-refractivity contribution in [1.29, 1.82) is 0 Å². The predicted molar refractivity (Wildman–Crippen MR) is 168 cm³/mol. The minimum atomic E-state index is -1.56. The summed E-state index contributed by atoms with van der Waals surface area (Å²) in [5, 5.41) is 0.852. The number of aromatic nitrogens is 2. The van der Waals surface area contributed by atoms with E-state index >= 15 is 4.39 Å². The van der Waals surface area contributed by atoms with Crippen LogP contribution in [0, 0.1) is 5.82 Å². The Morgan fingerprint density at radius 3 is 2.37 bits per heavy atom. The number of hydrogen-bond donors (Lipinski definition) is 0. The van der Waals surface area contributed by atoms with Crippen molar-refractivity contribution < 1.29 is 32.2 Å². The third-order valence-corrected chi connectivity index (χ3v) is 8.43. The molecule has 0 bridgehead atoms. The first-order valence-corrected chi connectivity index (χ1v) is 15.1. The van der Waals surface area contributed by atoms with Gasteiger partial charge in [-0.3, -0.25) is 18.7 Å². The zero-order valence-electron chi connectivity index (χ0n) is 24.7. The average molecular weight is 681 g/mol. The van der Waals surface area contributed by atoms with Crippen molar-refractivity contribution in [3.05, 3.63) is 96.4 Å². The lowest BCUT2D eigenvalue weighted by Gasteiger charge is -2.31. The van der Waals surface area contributed by atoms with E-state index < -0.39 is 48.3 Å². The van der Waals surface area contributed by atoms with Gasteiger partial charge in [-0.1, -0.05) is 35.3 Å². The highest BCUT2D eigenvalue weighted by Crippen LogP contribution is 2.31. The number of likely N-dealkylation sites (tertiary alicyclic amines) is 1. The molecule has 0 unspecified atom stereocenters. The van der Waals surface area contributed by atoms with Gasteiger partial charge in [-0.2, -0.15) is 0 Å². The molecule has 0 spiro atoms. The van der Waals surface area contributed by atoms with Crippen LogP contribution in [0.15, 0.2) is 58.1 Å². The molecule has 46 heavy (non-hydrogen) atoms. The summed E-state index contributed by atoms with van der Waals surface area (Å²) >= 11 is 12.2. The summed E-state index contributed by atoms with van der Waals surface area (Å²) in [6, 6.07) is 11.5. The van der Waals surface area contributed by atoms with Gasteiger partial charge >= 0.3 is 5.69 Å². The number of alkyl halides is 2. The molecule has 1 fully saturated rings. The zero-order valence-corrected chi connectivity index (χ0v) is 26.2. The van der Waals surface area contributed by atoms with E-state index in [4.69, 9.17) is 37.4 Å². The van der Waals surface area contributed by atoms with Gasteiger partial charge in [-0.15, -0.1) is 0 Å². The fourth-order valence-corrected chi connectivity index (χ4v) is 5.86. The number of carbonyl (C=O) groups is 1. The lowest BCUT2D eigenvalue weighted by molar-refractivity contribution is -0.119. The van der Waals surface area contributed by atoms with Gasteiger partial charge in [0.1, 0.15) is 20.0 Å². The second kappa shape index (κ2) is 14.5. The molecular formula is C32H30Cl2F3N3O6. The highest BCUT2D eigenvalue weighted by Gasteiger charge is 2.26. The minimum Gasteiger partial charge on any atom is -0.493 e. The summed E-state index contributed by atoms with van der Waals surface area (Å²) in [7, 11) is 1.44. The third kappa shape index (κ3) is 6.97. The first kappa shape index (κ1) is 33.2. The van der Waals surface area contributed by atoms with Crippen LogP contribution < -0.4 is 25.5 Å². The van der Waals surface area contributed by atoms with Crippen molar-refractivity contribution in [3.8, 4) is 17.2 Å². The number of rotatable bonds is 12. The normalized spacial score (nSPS) is 13.8. The zero-order chi connectivity index (χ0) is 33.0. The Kier molecular flexibility index (Phi) is 10.5. The maximum Gasteiger partial charge on any atom is 0.332 e. The number of piperidine rings is 1. The third-order valence-electron chi connectivity index (χ3n) is 7.84. The molecule has 14 heteroatoms. The van der Waals surface area contributed by atoms with Crippen LogP contribution in [0.2, 0.25) is 10.0 Å². The van der Waals surface area contributed by atoms with E-state index in [1.165, 1.54) is 11.7 Å². The summed E-state index contributed by atoms with van der Waals surface area (Å²) in [6.45, 7) is -1.76. The number of hydrogen-bond acceptors (Lipinski definition) is 6. The van der Waals surface area contributed by atoms with E-state index in [1.807, 2.05) is 0 Å². The van der Waals surface area contributed by atoms with Crippen molar-refractivity contribution in [2.24, 2.45) is 0 Å². The number of carbonyl (C=O) groups excluding carboxylic acids is 1. The Hall–Kier alpha value is -4.16. The van der Waals surface area contributed by atoms with Gasteiger partial charge in [0.25, 0.3) is 5.56 Å². The second-order valence-corrected chi connectivity index (χ2v) is 11.6. The Morgan fingerprint density at radius 1 is 0.978 bits per heavy atom. The molecule has 1 aliphatic rings. The van der Waals surface area contributed by atoms with E-state index in [9.17, 15) is 23.2 Å². The fraction of sp³-hybridized carbons (Fsp3) is 0.344. The van der Waals surface area contributed by atoms with E-state index in [0.29, 0.717) is 58.6 Å². The maximum absolute atomic E-state index is 15.2. The summed E-state index contributed by atoms with van der Waals surface area (Å²) in [5.41, 5.74) is -0.205. The SMILES string of the molecule is COc1cc(Cn2c(=O)c3cc(OC(CF)CF)c(F)cc3n(C3CCN(C=O)CC3)c2=O)ccc1OCc1ccc(Cl)cc1Cl. The fourth-order valence-electron chi connectivity index (χ4n) is 5.40. The van der Waals surface area contributed by atoms with Crippen LogP contribution in [0.25, 0.3) is 10.9 Å². The van der Waals surface area contributed by atoms with E-state index in [0.717, 1.165) is 23.1 Å². The molecule has 244 valence electrons. The summed E-state index contributed by atoms with van der Waals surface area (Å²) in [4.78, 5) is 40.6. The molecule has 2 heterocycles. The topological polar surface area (TPSA) is 92.0 Å². The second-order valence-electron chi connectivity index (χ2n) is 10.8. The molecule has 0 atom stereocenters. The van der Waals surface area contributed by atoms with Crippen LogP contribution in [0.5, 0.6) is 17.2 Å². The van der Waals surface area contributed by atoms with Crippen molar-refractivity contribution in [3.63, 3.8) is 0 Å². The molecule has 0 saturated carbocycles. The smallest absolute Gasteiger partial charge is 0.332 e. The van der Waals surface area contributed by atoms with Crippen molar-refractivity contribution in [2.45, 2.75) is 38.1 Å². The van der Waals surface area contributed by atoms with Crippen molar-refractivity contribution >= 4 is 40.5 Å². The van der Waals surface area contributed by atoms with Crippen molar-refractivity contribution in [2.75, 3.05) is 33.5 Å². The molecule has 3 aromatic carbocycles. The minimum absolute atomic E-state index is 0.0138. The quantitative estimate of drug-likeness (QED) is 0.178.